The van der Waals surface area contributed by atoms with Crippen molar-refractivity contribution in [2.24, 2.45) is 12.0 Å². The van der Waals surface area contributed by atoms with E-state index in [2.05, 4.69) is 29.3 Å². The highest BCUT2D eigenvalue weighted by molar-refractivity contribution is 7.88. The average molecular weight is 385 g/mol. The van der Waals surface area contributed by atoms with E-state index in [-0.39, 0.29) is 6.04 Å². The van der Waals surface area contributed by atoms with E-state index < -0.39 is 10.0 Å². The van der Waals surface area contributed by atoms with Crippen molar-refractivity contribution < 1.29 is 8.42 Å². The summed E-state index contributed by atoms with van der Waals surface area (Å²) in [5, 5.41) is 7.88. The van der Waals surface area contributed by atoms with Gasteiger partial charge in [-0.3, -0.25) is 9.67 Å². The summed E-state index contributed by atoms with van der Waals surface area (Å²) in [6.07, 6.45) is 5.10. The topological polar surface area (TPSA) is 82.8 Å². The van der Waals surface area contributed by atoms with Crippen LogP contribution >= 0.6 is 0 Å². The van der Waals surface area contributed by atoms with Gasteiger partial charge in [0, 0.05) is 58.6 Å². The predicted octanol–water partition coefficient (Wildman–Crippen LogP) is 0.975. The molecule has 1 atom stereocenters. The van der Waals surface area contributed by atoms with Gasteiger partial charge >= 0.3 is 0 Å². The third kappa shape index (κ3) is 4.97. The van der Waals surface area contributed by atoms with E-state index >= 15 is 0 Å². The number of nitrogens with zero attached hydrogens (tertiary/aromatic N) is 5. The summed E-state index contributed by atoms with van der Waals surface area (Å²) in [5.41, 5.74) is 2.26. The molecule has 0 spiro atoms. The number of guanidine groups is 1. The number of nitrogens with one attached hydrogen (secondary N) is 1. The molecule has 0 aliphatic carbocycles. The maximum absolute atomic E-state index is 11.9. The Balaban J connectivity index is 2.00. The van der Waals surface area contributed by atoms with Crippen LogP contribution in [0.3, 0.4) is 0 Å². The Labute approximate surface area is 157 Å². The summed E-state index contributed by atoms with van der Waals surface area (Å²) in [7, 11) is 2.50. The van der Waals surface area contributed by atoms with Gasteiger partial charge in [-0.05, 0) is 18.8 Å². The summed E-state index contributed by atoms with van der Waals surface area (Å²) in [6.45, 7) is 6.14. The van der Waals surface area contributed by atoms with Gasteiger partial charge in [0.1, 0.15) is 0 Å². The molecular weight excluding hydrogens is 352 g/mol. The maximum atomic E-state index is 11.9. The zero-order valence-electron chi connectivity index (χ0n) is 16.7. The van der Waals surface area contributed by atoms with Gasteiger partial charge in [0.15, 0.2) is 5.96 Å². The maximum Gasteiger partial charge on any atom is 0.211 e. The highest BCUT2D eigenvalue weighted by atomic mass is 32.2. The van der Waals surface area contributed by atoms with Gasteiger partial charge in [-0.2, -0.15) is 9.40 Å². The Morgan fingerprint density at radius 2 is 2.19 bits per heavy atom. The fourth-order valence-corrected chi connectivity index (χ4v) is 4.72. The standard InChI is InChI=1S/C17H32N6O2S/c1-13(2)16-14(12-22(5)20-16)11-21(4)17(18-3)19-10-15-8-7-9-23(15)26(6,24)25/h12-13,15H,7-11H2,1-6H3,(H,18,19)/t15-/m1/s1. The first-order valence-electron chi connectivity index (χ1n) is 9.04. The van der Waals surface area contributed by atoms with E-state index in [1.54, 1.807) is 11.4 Å². The average Bonchev–Trinajstić information content (AvgIpc) is 3.14. The van der Waals surface area contributed by atoms with Crippen molar-refractivity contribution in [1.29, 1.82) is 0 Å². The number of sulfonamides is 1. The highest BCUT2D eigenvalue weighted by Gasteiger charge is 2.31. The summed E-state index contributed by atoms with van der Waals surface area (Å²) in [6, 6.07) is -0.0141. The molecule has 0 radical (unpaired) electrons. The molecule has 148 valence electrons. The number of hydrogen-bond acceptors (Lipinski definition) is 4. The second-order valence-corrected chi connectivity index (χ2v) is 9.26. The van der Waals surface area contributed by atoms with Crippen LogP contribution in [0, 0.1) is 0 Å². The van der Waals surface area contributed by atoms with Crippen LogP contribution in [0.1, 0.15) is 43.9 Å². The molecule has 1 N–H and O–H groups in total. The van der Waals surface area contributed by atoms with Gasteiger partial charge in [-0.25, -0.2) is 8.42 Å². The fourth-order valence-electron chi connectivity index (χ4n) is 3.54. The van der Waals surface area contributed by atoms with E-state index in [1.807, 2.05) is 29.9 Å². The molecule has 1 aromatic rings. The summed E-state index contributed by atoms with van der Waals surface area (Å²) < 4.78 is 27.2. The van der Waals surface area contributed by atoms with Crippen LogP contribution in [0.5, 0.6) is 0 Å². The second kappa shape index (κ2) is 8.39. The number of aromatic nitrogens is 2. The van der Waals surface area contributed by atoms with Crippen molar-refractivity contribution in [2.45, 2.75) is 45.2 Å². The number of aliphatic imine (C=N–C) groups is 1. The van der Waals surface area contributed by atoms with Crippen molar-refractivity contribution in [3.05, 3.63) is 17.5 Å². The molecule has 1 saturated heterocycles. The Kier molecular flexibility index (Phi) is 6.68. The van der Waals surface area contributed by atoms with Gasteiger partial charge in [-0.1, -0.05) is 13.8 Å². The smallest absolute Gasteiger partial charge is 0.211 e. The van der Waals surface area contributed by atoms with Crippen LogP contribution in [0.4, 0.5) is 0 Å². The van der Waals surface area contributed by atoms with Crippen LogP contribution in [0.15, 0.2) is 11.2 Å². The molecule has 26 heavy (non-hydrogen) atoms. The third-order valence-corrected chi connectivity index (χ3v) is 6.04. The Morgan fingerprint density at radius 1 is 1.50 bits per heavy atom. The molecule has 2 rings (SSSR count). The molecular formula is C17H32N6O2S. The Hall–Kier alpha value is -1.61. The summed E-state index contributed by atoms with van der Waals surface area (Å²) >= 11 is 0. The van der Waals surface area contributed by atoms with Crippen LogP contribution in [0.25, 0.3) is 0 Å². The molecule has 2 heterocycles. The van der Waals surface area contributed by atoms with E-state index in [4.69, 9.17) is 0 Å². The highest BCUT2D eigenvalue weighted by Crippen LogP contribution is 2.20. The van der Waals surface area contributed by atoms with Crippen LogP contribution in [0.2, 0.25) is 0 Å². The monoisotopic (exact) mass is 384 g/mol. The van der Waals surface area contributed by atoms with Crippen molar-refractivity contribution in [3.63, 3.8) is 0 Å². The zero-order chi connectivity index (χ0) is 19.5. The van der Waals surface area contributed by atoms with Gasteiger partial charge in [0.05, 0.1) is 11.9 Å². The molecule has 9 heteroatoms. The lowest BCUT2D eigenvalue weighted by atomic mass is 10.1. The van der Waals surface area contributed by atoms with Gasteiger partial charge in [-0.15, -0.1) is 0 Å². The largest absolute Gasteiger partial charge is 0.355 e. The molecule has 0 unspecified atom stereocenters. The summed E-state index contributed by atoms with van der Waals surface area (Å²) in [5.74, 6) is 1.11. The minimum absolute atomic E-state index is 0.0141. The normalized spacial score (nSPS) is 19.3. The first-order valence-corrected chi connectivity index (χ1v) is 10.9. The van der Waals surface area contributed by atoms with E-state index in [0.717, 1.165) is 24.5 Å². The SMILES string of the molecule is CN=C(NC[C@H]1CCCN1S(C)(=O)=O)N(C)Cc1cn(C)nc1C(C)C. The minimum atomic E-state index is -3.16. The molecule has 1 aliphatic rings. The number of rotatable bonds is 6. The van der Waals surface area contributed by atoms with Crippen molar-refractivity contribution in [3.8, 4) is 0 Å². The van der Waals surface area contributed by atoms with E-state index in [0.29, 0.717) is 25.6 Å². The van der Waals surface area contributed by atoms with Gasteiger partial charge < -0.3 is 10.2 Å². The molecule has 1 aliphatic heterocycles. The van der Waals surface area contributed by atoms with Crippen molar-refractivity contribution >= 4 is 16.0 Å². The quantitative estimate of drug-likeness (QED) is 0.584. The molecule has 0 bridgehead atoms. The number of aryl methyl sites for hydroxylation is 1. The van der Waals surface area contributed by atoms with Crippen molar-refractivity contribution in [1.82, 2.24) is 24.3 Å². The van der Waals surface area contributed by atoms with E-state index in [1.165, 1.54) is 11.8 Å². The number of hydrogen-bond donors (Lipinski definition) is 1. The predicted molar refractivity (Wildman–Crippen MR) is 105 cm³/mol. The molecule has 1 fully saturated rings. The van der Waals surface area contributed by atoms with Crippen LogP contribution in [-0.2, 0) is 23.6 Å². The molecule has 0 saturated carbocycles. The van der Waals surface area contributed by atoms with Gasteiger partial charge in [0.25, 0.3) is 0 Å². The Bertz CT molecular complexity index is 740. The molecule has 1 aromatic heterocycles. The lowest BCUT2D eigenvalue weighted by Gasteiger charge is -2.26. The molecule has 0 amide bonds. The molecule has 0 aromatic carbocycles. The fraction of sp³-hybridized carbons (Fsp3) is 0.765. The van der Waals surface area contributed by atoms with E-state index in [9.17, 15) is 8.42 Å². The summed E-state index contributed by atoms with van der Waals surface area (Å²) in [4.78, 5) is 6.39. The second-order valence-electron chi connectivity index (χ2n) is 7.32. The van der Waals surface area contributed by atoms with Crippen molar-refractivity contribution in [2.75, 3.05) is 33.4 Å². The van der Waals surface area contributed by atoms with Crippen LogP contribution < -0.4 is 5.32 Å². The van der Waals surface area contributed by atoms with Gasteiger partial charge in [0.2, 0.25) is 10.0 Å². The first kappa shape index (κ1) is 20.7. The minimum Gasteiger partial charge on any atom is -0.355 e. The van der Waals surface area contributed by atoms with Crippen LogP contribution in [-0.4, -0.2) is 72.8 Å². The lowest BCUT2D eigenvalue weighted by molar-refractivity contribution is 0.380. The Morgan fingerprint density at radius 3 is 2.77 bits per heavy atom. The third-order valence-electron chi connectivity index (χ3n) is 4.71. The zero-order valence-corrected chi connectivity index (χ0v) is 17.5. The lowest BCUT2D eigenvalue weighted by Crippen LogP contribution is -2.46. The first-order chi connectivity index (χ1) is 12.1. The molecule has 8 nitrogen and oxygen atoms in total.